The number of aliphatic carboxylic acids is 1. The Labute approximate surface area is 94.7 Å². The molecule has 0 aromatic carbocycles. The fourth-order valence-corrected chi connectivity index (χ4v) is 2.20. The smallest absolute Gasteiger partial charge is 0.323 e. The number of hydrogen-bond acceptors (Lipinski definition) is 4. The standard InChI is InChI=1S/C11H18O5/c1-3-11(9(12)13,10(14)16-4-2)8-5-6-15-7-8/h8H,3-7H2,1-2H3,(H,12,13). The average molecular weight is 230 g/mol. The van der Waals surface area contributed by atoms with E-state index in [0.717, 1.165) is 0 Å². The highest BCUT2D eigenvalue weighted by molar-refractivity contribution is 5.99. The summed E-state index contributed by atoms with van der Waals surface area (Å²) in [5.74, 6) is -2.03. The monoisotopic (exact) mass is 230 g/mol. The third-order valence-electron chi connectivity index (χ3n) is 3.21. The van der Waals surface area contributed by atoms with Crippen molar-refractivity contribution < 1.29 is 24.2 Å². The minimum absolute atomic E-state index is 0.196. The zero-order chi connectivity index (χ0) is 12.2. The van der Waals surface area contributed by atoms with Crippen LogP contribution in [0.25, 0.3) is 0 Å². The minimum Gasteiger partial charge on any atom is -0.480 e. The van der Waals surface area contributed by atoms with Gasteiger partial charge in [0, 0.05) is 12.5 Å². The van der Waals surface area contributed by atoms with E-state index in [1.807, 2.05) is 0 Å². The Balaban J connectivity index is 2.98. The summed E-state index contributed by atoms with van der Waals surface area (Å²) in [6.07, 6.45) is 0.828. The van der Waals surface area contributed by atoms with Gasteiger partial charge in [-0.2, -0.15) is 0 Å². The van der Waals surface area contributed by atoms with Crippen LogP contribution < -0.4 is 0 Å². The van der Waals surface area contributed by atoms with Crippen LogP contribution in [0.3, 0.4) is 0 Å². The molecule has 5 heteroatoms. The highest BCUT2D eigenvalue weighted by Crippen LogP contribution is 2.38. The molecule has 1 heterocycles. The first-order valence-electron chi connectivity index (χ1n) is 5.57. The maximum absolute atomic E-state index is 11.9. The first-order valence-corrected chi connectivity index (χ1v) is 5.57. The second kappa shape index (κ2) is 5.30. The van der Waals surface area contributed by atoms with Crippen LogP contribution in [0, 0.1) is 11.3 Å². The average Bonchev–Trinajstić information content (AvgIpc) is 2.73. The Morgan fingerprint density at radius 2 is 2.19 bits per heavy atom. The third kappa shape index (κ3) is 2.04. The van der Waals surface area contributed by atoms with Crippen molar-refractivity contribution in [2.24, 2.45) is 11.3 Å². The molecule has 0 bridgehead atoms. The number of rotatable bonds is 5. The lowest BCUT2D eigenvalue weighted by atomic mass is 9.72. The fourth-order valence-electron chi connectivity index (χ4n) is 2.20. The number of esters is 1. The molecule has 2 atom stereocenters. The summed E-state index contributed by atoms with van der Waals surface area (Å²) in [5.41, 5.74) is -1.44. The van der Waals surface area contributed by atoms with Crippen LogP contribution in [-0.4, -0.2) is 36.9 Å². The molecule has 1 N–H and O–H groups in total. The topological polar surface area (TPSA) is 72.8 Å². The van der Waals surface area contributed by atoms with Crippen molar-refractivity contribution >= 4 is 11.9 Å². The molecule has 0 aromatic heterocycles. The number of carboxylic acids is 1. The summed E-state index contributed by atoms with van der Waals surface area (Å²) >= 11 is 0. The predicted molar refractivity (Wildman–Crippen MR) is 55.9 cm³/mol. The molecule has 1 aliphatic heterocycles. The van der Waals surface area contributed by atoms with Gasteiger partial charge in [-0.15, -0.1) is 0 Å². The molecular formula is C11H18O5. The highest BCUT2D eigenvalue weighted by Gasteiger charge is 2.53. The zero-order valence-electron chi connectivity index (χ0n) is 9.69. The minimum atomic E-state index is -1.44. The van der Waals surface area contributed by atoms with Crippen LogP contribution in [0.4, 0.5) is 0 Å². The maximum atomic E-state index is 11.9. The predicted octanol–water partition coefficient (Wildman–Crippen LogP) is 1.07. The van der Waals surface area contributed by atoms with Crippen LogP contribution >= 0.6 is 0 Å². The first-order chi connectivity index (χ1) is 7.59. The van der Waals surface area contributed by atoms with Gasteiger partial charge in [0.15, 0.2) is 5.41 Å². The Kier molecular flexibility index (Phi) is 4.29. The first kappa shape index (κ1) is 13.0. The van der Waals surface area contributed by atoms with E-state index in [-0.39, 0.29) is 18.9 Å². The van der Waals surface area contributed by atoms with Crippen molar-refractivity contribution in [3.05, 3.63) is 0 Å². The van der Waals surface area contributed by atoms with Gasteiger partial charge in [0.2, 0.25) is 0 Å². The lowest BCUT2D eigenvalue weighted by Gasteiger charge is -2.30. The van der Waals surface area contributed by atoms with E-state index >= 15 is 0 Å². The molecule has 0 saturated carbocycles. The van der Waals surface area contributed by atoms with E-state index in [0.29, 0.717) is 19.6 Å². The van der Waals surface area contributed by atoms with Gasteiger partial charge in [-0.1, -0.05) is 6.92 Å². The van der Waals surface area contributed by atoms with E-state index < -0.39 is 17.4 Å². The molecule has 0 aromatic rings. The largest absolute Gasteiger partial charge is 0.480 e. The Bertz CT molecular complexity index is 270. The van der Waals surface area contributed by atoms with Crippen LogP contribution in [0.5, 0.6) is 0 Å². The Morgan fingerprint density at radius 3 is 2.56 bits per heavy atom. The quantitative estimate of drug-likeness (QED) is 0.565. The molecule has 0 spiro atoms. The van der Waals surface area contributed by atoms with Crippen molar-refractivity contribution in [1.82, 2.24) is 0 Å². The second-order valence-electron chi connectivity index (χ2n) is 3.91. The number of carboxylic acid groups (broad SMARTS) is 1. The third-order valence-corrected chi connectivity index (χ3v) is 3.21. The molecule has 92 valence electrons. The van der Waals surface area contributed by atoms with E-state index in [1.165, 1.54) is 0 Å². The molecule has 2 unspecified atom stereocenters. The maximum Gasteiger partial charge on any atom is 0.323 e. The van der Waals surface area contributed by atoms with Gasteiger partial charge in [-0.3, -0.25) is 9.59 Å². The van der Waals surface area contributed by atoms with Crippen molar-refractivity contribution in [2.75, 3.05) is 19.8 Å². The molecule has 1 fully saturated rings. The molecule has 1 aliphatic rings. The van der Waals surface area contributed by atoms with Gasteiger partial charge in [0.1, 0.15) is 0 Å². The van der Waals surface area contributed by atoms with Gasteiger partial charge >= 0.3 is 11.9 Å². The van der Waals surface area contributed by atoms with Crippen LogP contribution in [0.1, 0.15) is 26.7 Å². The molecule has 0 amide bonds. The molecule has 1 rings (SSSR count). The highest BCUT2D eigenvalue weighted by atomic mass is 16.5. The Morgan fingerprint density at radius 1 is 1.50 bits per heavy atom. The lowest BCUT2D eigenvalue weighted by Crippen LogP contribution is -2.46. The summed E-state index contributed by atoms with van der Waals surface area (Å²) < 4.78 is 10.1. The number of carbonyl (C=O) groups excluding carboxylic acids is 1. The van der Waals surface area contributed by atoms with Gasteiger partial charge in [-0.05, 0) is 19.8 Å². The molecule has 16 heavy (non-hydrogen) atoms. The number of ether oxygens (including phenoxy) is 2. The molecule has 5 nitrogen and oxygen atoms in total. The van der Waals surface area contributed by atoms with Gasteiger partial charge in [0.25, 0.3) is 0 Å². The lowest BCUT2D eigenvalue weighted by molar-refractivity contribution is -0.173. The van der Waals surface area contributed by atoms with Gasteiger partial charge in [-0.25, -0.2) is 0 Å². The van der Waals surface area contributed by atoms with Crippen molar-refractivity contribution in [3.63, 3.8) is 0 Å². The fraction of sp³-hybridized carbons (Fsp3) is 0.818. The summed E-state index contributed by atoms with van der Waals surface area (Å²) in [6.45, 7) is 4.40. The van der Waals surface area contributed by atoms with Crippen LogP contribution in [0.15, 0.2) is 0 Å². The molecular weight excluding hydrogens is 212 g/mol. The van der Waals surface area contributed by atoms with Gasteiger partial charge in [0.05, 0.1) is 13.2 Å². The van der Waals surface area contributed by atoms with Crippen LogP contribution in [0.2, 0.25) is 0 Å². The van der Waals surface area contributed by atoms with E-state index in [1.54, 1.807) is 13.8 Å². The van der Waals surface area contributed by atoms with E-state index in [4.69, 9.17) is 9.47 Å². The Hall–Kier alpha value is -1.10. The summed E-state index contributed by atoms with van der Waals surface area (Å²) in [6, 6.07) is 0. The zero-order valence-corrected chi connectivity index (χ0v) is 9.69. The second-order valence-corrected chi connectivity index (χ2v) is 3.91. The number of hydrogen-bond donors (Lipinski definition) is 1. The summed E-state index contributed by atoms with van der Waals surface area (Å²) in [7, 11) is 0. The van der Waals surface area contributed by atoms with E-state index in [9.17, 15) is 14.7 Å². The van der Waals surface area contributed by atoms with Crippen LogP contribution in [-0.2, 0) is 19.1 Å². The summed E-state index contributed by atoms with van der Waals surface area (Å²) in [5, 5.41) is 9.32. The van der Waals surface area contributed by atoms with Crippen molar-refractivity contribution in [3.8, 4) is 0 Å². The molecule has 0 aliphatic carbocycles. The normalized spacial score (nSPS) is 23.8. The molecule has 0 radical (unpaired) electrons. The molecule has 1 saturated heterocycles. The van der Waals surface area contributed by atoms with Crippen molar-refractivity contribution in [1.29, 1.82) is 0 Å². The van der Waals surface area contributed by atoms with Gasteiger partial charge < -0.3 is 14.6 Å². The van der Waals surface area contributed by atoms with Crippen molar-refractivity contribution in [2.45, 2.75) is 26.7 Å². The summed E-state index contributed by atoms with van der Waals surface area (Å²) in [4.78, 5) is 23.3. The van der Waals surface area contributed by atoms with E-state index in [2.05, 4.69) is 0 Å². The number of carbonyl (C=O) groups is 2. The SMILES string of the molecule is CCOC(=O)C(CC)(C(=O)O)C1CCOC1.